The molecule has 0 radical (unpaired) electrons. The first-order valence-corrected chi connectivity index (χ1v) is 8.18. The molecule has 0 aliphatic heterocycles. The number of nitrogens with one attached hydrogen (secondary N) is 1. The molecule has 118 valence electrons. The molecule has 0 fully saturated rings. The number of sulfonamides is 1. The normalized spacial score (nSPS) is 13.0. The Balaban J connectivity index is 2.19. The van der Waals surface area contributed by atoms with Crippen LogP contribution >= 0.6 is 0 Å². The highest BCUT2D eigenvalue weighted by Gasteiger charge is 2.19. The zero-order valence-corrected chi connectivity index (χ0v) is 13.2. The number of aromatic nitrogens is 2. The van der Waals surface area contributed by atoms with Crippen LogP contribution in [0.4, 0.5) is 0 Å². The smallest absolute Gasteiger partial charge is 0.249 e. The van der Waals surface area contributed by atoms with Crippen LogP contribution < -0.4 is 10.5 Å². The van der Waals surface area contributed by atoms with Gasteiger partial charge in [0.1, 0.15) is 0 Å². The van der Waals surface area contributed by atoms with Gasteiger partial charge in [-0.1, -0.05) is 6.07 Å². The third-order valence-corrected chi connectivity index (χ3v) is 4.75. The van der Waals surface area contributed by atoms with Crippen molar-refractivity contribution in [2.75, 3.05) is 0 Å². The van der Waals surface area contributed by atoms with E-state index in [0.717, 1.165) is 0 Å². The Bertz CT molecular complexity index is 769. The van der Waals surface area contributed by atoms with E-state index in [1.54, 1.807) is 43.1 Å². The van der Waals surface area contributed by atoms with Crippen molar-refractivity contribution in [1.29, 1.82) is 0 Å². The Morgan fingerprint density at radius 3 is 2.77 bits per heavy atom. The lowest BCUT2D eigenvalue weighted by molar-refractivity contribution is 0.0999. The van der Waals surface area contributed by atoms with Crippen LogP contribution in [-0.2, 0) is 16.6 Å². The summed E-state index contributed by atoms with van der Waals surface area (Å²) in [6.45, 7) is 3.84. The number of primary amides is 1. The molecule has 0 saturated heterocycles. The van der Waals surface area contributed by atoms with Gasteiger partial charge in [0.2, 0.25) is 15.9 Å². The number of nitrogens with zero attached hydrogens (tertiary/aromatic N) is 2. The van der Waals surface area contributed by atoms with Crippen molar-refractivity contribution in [3.63, 3.8) is 0 Å². The molecule has 1 atom stereocenters. The van der Waals surface area contributed by atoms with Crippen LogP contribution in [-0.4, -0.2) is 30.1 Å². The number of nitrogens with two attached hydrogens (primary N) is 1. The number of carbonyl (C=O) groups excluding carboxylic acids is 1. The van der Waals surface area contributed by atoms with Gasteiger partial charge in [0.15, 0.2) is 0 Å². The molecule has 0 spiro atoms. The SMILES string of the molecule is Cc1ccc(S(=O)(=O)N[C@@H](C)Cn2cccn2)cc1C(N)=O. The van der Waals surface area contributed by atoms with E-state index < -0.39 is 15.9 Å². The van der Waals surface area contributed by atoms with Gasteiger partial charge < -0.3 is 5.73 Å². The highest BCUT2D eigenvalue weighted by Crippen LogP contribution is 2.15. The van der Waals surface area contributed by atoms with E-state index in [4.69, 9.17) is 5.73 Å². The lowest BCUT2D eigenvalue weighted by Gasteiger charge is -2.15. The minimum Gasteiger partial charge on any atom is -0.366 e. The predicted molar refractivity (Wildman–Crippen MR) is 81.7 cm³/mol. The van der Waals surface area contributed by atoms with E-state index in [1.807, 2.05) is 0 Å². The Morgan fingerprint density at radius 2 is 2.18 bits per heavy atom. The van der Waals surface area contributed by atoms with E-state index in [1.165, 1.54) is 12.1 Å². The second kappa shape index (κ2) is 6.29. The van der Waals surface area contributed by atoms with Crippen LogP contribution in [0.25, 0.3) is 0 Å². The topological polar surface area (TPSA) is 107 Å². The zero-order valence-electron chi connectivity index (χ0n) is 12.4. The summed E-state index contributed by atoms with van der Waals surface area (Å²) in [6, 6.07) is 5.71. The van der Waals surface area contributed by atoms with E-state index in [-0.39, 0.29) is 16.5 Å². The third-order valence-electron chi connectivity index (χ3n) is 3.16. The molecule has 7 nitrogen and oxygen atoms in total. The largest absolute Gasteiger partial charge is 0.366 e. The first-order valence-electron chi connectivity index (χ1n) is 6.70. The Morgan fingerprint density at radius 1 is 1.45 bits per heavy atom. The first-order chi connectivity index (χ1) is 10.3. The lowest BCUT2D eigenvalue weighted by atomic mass is 10.1. The summed E-state index contributed by atoms with van der Waals surface area (Å²) in [4.78, 5) is 11.3. The van der Waals surface area contributed by atoms with Crippen molar-refractivity contribution >= 4 is 15.9 Å². The first kappa shape index (κ1) is 16.2. The Kier molecular flexibility index (Phi) is 4.62. The summed E-state index contributed by atoms with van der Waals surface area (Å²) < 4.78 is 28.9. The monoisotopic (exact) mass is 322 g/mol. The molecule has 0 bridgehead atoms. The highest BCUT2D eigenvalue weighted by atomic mass is 32.2. The molecule has 2 aromatic rings. The van der Waals surface area contributed by atoms with Crippen molar-refractivity contribution in [3.8, 4) is 0 Å². The molecule has 0 saturated carbocycles. The molecule has 0 aliphatic carbocycles. The van der Waals surface area contributed by atoms with Gasteiger partial charge in [0.05, 0.1) is 11.4 Å². The van der Waals surface area contributed by atoms with E-state index in [9.17, 15) is 13.2 Å². The fourth-order valence-electron chi connectivity index (χ4n) is 2.09. The summed E-state index contributed by atoms with van der Waals surface area (Å²) in [6.07, 6.45) is 3.38. The van der Waals surface area contributed by atoms with E-state index in [0.29, 0.717) is 12.1 Å². The molecule has 1 aromatic carbocycles. The Hall–Kier alpha value is -2.19. The van der Waals surface area contributed by atoms with Crippen LogP contribution in [0.5, 0.6) is 0 Å². The maximum absolute atomic E-state index is 12.4. The van der Waals surface area contributed by atoms with Crippen molar-refractivity contribution in [2.24, 2.45) is 5.73 Å². The fraction of sp³-hybridized carbons (Fsp3) is 0.286. The standard InChI is InChI=1S/C14H18N4O3S/c1-10-4-5-12(8-13(10)14(15)19)22(20,21)17-11(2)9-18-7-3-6-16-18/h3-8,11,17H,9H2,1-2H3,(H2,15,19)/t11-/m0/s1. The molecule has 8 heteroatoms. The Labute approximate surface area is 129 Å². The van der Waals surface area contributed by atoms with Gasteiger partial charge in [-0.3, -0.25) is 9.48 Å². The third kappa shape index (κ3) is 3.71. The molecule has 22 heavy (non-hydrogen) atoms. The van der Waals surface area contributed by atoms with Crippen LogP contribution in [0, 0.1) is 6.92 Å². The predicted octanol–water partition coefficient (Wildman–Crippen LogP) is 0.657. The minimum atomic E-state index is -3.73. The van der Waals surface area contributed by atoms with Gasteiger partial charge in [0.25, 0.3) is 0 Å². The van der Waals surface area contributed by atoms with Gasteiger partial charge in [-0.05, 0) is 37.6 Å². The molecule has 3 N–H and O–H groups in total. The van der Waals surface area contributed by atoms with E-state index >= 15 is 0 Å². The average molecular weight is 322 g/mol. The number of carbonyl (C=O) groups is 1. The van der Waals surface area contributed by atoms with Gasteiger partial charge in [0, 0.05) is 24.0 Å². The molecule has 1 aromatic heterocycles. The van der Waals surface area contributed by atoms with Crippen molar-refractivity contribution in [2.45, 2.75) is 31.3 Å². The number of benzene rings is 1. The second-order valence-corrected chi connectivity index (χ2v) is 6.81. The number of rotatable bonds is 6. The van der Waals surface area contributed by atoms with Crippen molar-refractivity contribution < 1.29 is 13.2 Å². The summed E-state index contributed by atoms with van der Waals surface area (Å²) in [5, 5.41) is 4.03. The van der Waals surface area contributed by atoms with Crippen LogP contribution in [0.2, 0.25) is 0 Å². The molecule has 2 rings (SSSR count). The number of amides is 1. The molecule has 0 aliphatic rings. The summed E-state index contributed by atoms with van der Waals surface area (Å²) >= 11 is 0. The maximum atomic E-state index is 12.4. The molecular weight excluding hydrogens is 304 g/mol. The minimum absolute atomic E-state index is 0.0132. The second-order valence-electron chi connectivity index (χ2n) is 5.09. The highest BCUT2D eigenvalue weighted by molar-refractivity contribution is 7.89. The number of hydrogen-bond acceptors (Lipinski definition) is 4. The van der Waals surface area contributed by atoms with E-state index in [2.05, 4.69) is 9.82 Å². The number of aryl methyl sites for hydroxylation is 1. The van der Waals surface area contributed by atoms with Gasteiger partial charge in [-0.25, -0.2) is 13.1 Å². The molecule has 1 heterocycles. The summed E-state index contributed by atoms with van der Waals surface area (Å²) in [5.41, 5.74) is 6.08. The lowest BCUT2D eigenvalue weighted by Crippen LogP contribution is -2.36. The van der Waals surface area contributed by atoms with Crippen molar-refractivity contribution in [3.05, 3.63) is 47.8 Å². The average Bonchev–Trinajstić information content (AvgIpc) is 2.90. The van der Waals surface area contributed by atoms with Crippen molar-refractivity contribution in [1.82, 2.24) is 14.5 Å². The molecule has 1 amide bonds. The number of hydrogen-bond donors (Lipinski definition) is 2. The quantitative estimate of drug-likeness (QED) is 0.814. The van der Waals surface area contributed by atoms with Crippen LogP contribution in [0.15, 0.2) is 41.6 Å². The van der Waals surface area contributed by atoms with Crippen LogP contribution in [0.1, 0.15) is 22.8 Å². The van der Waals surface area contributed by atoms with Crippen LogP contribution in [0.3, 0.4) is 0 Å². The molecular formula is C14H18N4O3S. The summed E-state index contributed by atoms with van der Waals surface area (Å²) in [5.74, 6) is -0.654. The van der Waals surface area contributed by atoms with Gasteiger partial charge in [-0.2, -0.15) is 5.10 Å². The zero-order chi connectivity index (χ0) is 16.3. The molecule has 0 unspecified atom stereocenters. The van der Waals surface area contributed by atoms with Gasteiger partial charge in [-0.15, -0.1) is 0 Å². The maximum Gasteiger partial charge on any atom is 0.249 e. The summed E-state index contributed by atoms with van der Waals surface area (Å²) in [7, 11) is -3.73. The van der Waals surface area contributed by atoms with Gasteiger partial charge >= 0.3 is 0 Å². The fourth-order valence-corrected chi connectivity index (χ4v) is 3.35.